The maximum Gasteiger partial charge on any atom is 0.419 e. The minimum absolute atomic E-state index is 0.0453. The standard InChI is InChI=1S/C25H26F3N3O/c1-16(2)18-9-7-17(8-10-18)13-24-30-15-21(25(26,27)28)22(31-24)12-11-19-5-3-4-6-20(19)14-23(29)32/h3-10,15-16H,11-14H2,1-2H3,(H2,29,32). The van der Waals surface area contributed by atoms with Crippen LogP contribution in [0.5, 0.6) is 0 Å². The first-order valence-corrected chi connectivity index (χ1v) is 10.5. The molecule has 0 fully saturated rings. The van der Waals surface area contributed by atoms with Crippen LogP contribution < -0.4 is 5.73 Å². The van der Waals surface area contributed by atoms with Crippen molar-refractivity contribution >= 4 is 5.91 Å². The van der Waals surface area contributed by atoms with E-state index in [2.05, 4.69) is 23.8 Å². The van der Waals surface area contributed by atoms with Gasteiger partial charge in [-0.05, 0) is 41.0 Å². The molecule has 0 saturated carbocycles. The van der Waals surface area contributed by atoms with Crippen molar-refractivity contribution in [2.24, 2.45) is 5.73 Å². The summed E-state index contributed by atoms with van der Waals surface area (Å²) in [6, 6.07) is 15.1. The number of aromatic nitrogens is 2. The van der Waals surface area contributed by atoms with Crippen LogP contribution in [-0.4, -0.2) is 15.9 Å². The van der Waals surface area contributed by atoms with Crippen LogP contribution in [0.25, 0.3) is 0 Å². The molecule has 0 spiro atoms. The molecule has 2 N–H and O–H groups in total. The summed E-state index contributed by atoms with van der Waals surface area (Å²) in [4.78, 5) is 19.6. The molecule has 0 radical (unpaired) electrons. The van der Waals surface area contributed by atoms with E-state index in [1.54, 1.807) is 24.3 Å². The molecular weight excluding hydrogens is 415 g/mol. The normalized spacial score (nSPS) is 11.7. The Morgan fingerprint density at radius 1 is 1.00 bits per heavy atom. The van der Waals surface area contributed by atoms with Crippen molar-refractivity contribution in [3.63, 3.8) is 0 Å². The highest BCUT2D eigenvalue weighted by Crippen LogP contribution is 2.31. The molecule has 32 heavy (non-hydrogen) atoms. The number of carbonyl (C=O) groups excluding carboxylic acids is 1. The Hall–Kier alpha value is -3.22. The zero-order valence-corrected chi connectivity index (χ0v) is 18.1. The lowest BCUT2D eigenvalue weighted by molar-refractivity contribution is -0.138. The molecule has 168 valence electrons. The maximum atomic E-state index is 13.6. The zero-order chi connectivity index (χ0) is 23.3. The number of hydrogen-bond donors (Lipinski definition) is 1. The number of aryl methyl sites for hydroxylation is 2. The summed E-state index contributed by atoms with van der Waals surface area (Å²) in [5.74, 6) is 0.257. The highest BCUT2D eigenvalue weighted by atomic mass is 19.4. The number of hydrogen-bond acceptors (Lipinski definition) is 3. The van der Waals surface area contributed by atoms with Crippen molar-refractivity contribution in [1.82, 2.24) is 9.97 Å². The quantitative estimate of drug-likeness (QED) is 0.534. The van der Waals surface area contributed by atoms with Gasteiger partial charge in [-0.1, -0.05) is 62.4 Å². The van der Waals surface area contributed by atoms with Crippen molar-refractivity contribution in [3.8, 4) is 0 Å². The van der Waals surface area contributed by atoms with Crippen molar-refractivity contribution in [2.45, 2.75) is 51.6 Å². The largest absolute Gasteiger partial charge is 0.419 e. The average Bonchev–Trinajstić information content (AvgIpc) is 2.72. The van der Waals surface area contributed by atoms with E-state index in [-0.39, 0.29) is 18.5 Å². The molecule has 3 rings (SSSR count). The third-order valence-corrected chi connectivity index (χ3v) is 5.35. The van der Waals surface area contributed by atoms with Crippen LogP contribution in [0.4, 0.5) is 13.2 Å². The van der Waals surface area contributed by atoms with Crippen LogP contribution in [0.15, 0.2) is 54.7 Å². The van der Waals surface area contributed by atoms with E-state index >= 15 is 0 Å². The lowest BCUT2D eigenvalue weighted by atomic mass is 9.98. The predicted octanol–water partition coefficient (Wildman–Crippen LogP) is 5.02. The van der Waals surface area contributed by atoms with Crippen LogP contribution in [0, 0.1) is 0 Å². The number of rotatable bonds is 8. The van der Waals surface area contributed by atoms with E-state index in [4.69, 9.17) is 5.73 Å². The molecule has 0 saturated heterocycles. The van der Waals surface area contributed by atoms with Gasteiger partial charge in [-0.15, -0.1) is 0 Å². The lowest BCUT2D eigenvalue weighted by Crippen LogP contribution is -2.16. The van der Waals surface area contributed by atoms with E-state index in [0.717, 1.165) is 17.3 Å². The van der Waals surface area contributed by atoms with Crippen molar-refractivity contribution in [2.75, 3.05) is 0 Å². The number of primary amides is 1. The highest BCUT2D eigenvalue weighted by molar-refractivity contribution is 5.77. The Morgan fingerprint density at radius 2 is 1.66 bits per heavy atom. The number of benzene rings is 2. The highest BCUT2D eigenvalue weighted by Gasteiger charge is 2.34. The number of carbonyl (C=O) groups is 1. The van der Waals surface area contributed by atoms with Gasteiger partial charge in [0.2, 0.25) is 5.91 Å². The second-order valence-corrected chi connectivity index (χ2v) is 8.13. The molecule has 0 atom stereocenters. The second kappa shape index (κ2) is 9.94. The molecule has 0 aliphatic heterocycles. The Balaban J connectivity index is 1.84. The first kappa shape index (κ1) is 23.4. The molecule has 0 bridgehead atoms. The molecule has 3 aromatic rings. The Kier molecular flexibility index (Phi) is 7.28. The molecule has 0 aliphatic rings. The van der Waals surface area contributed by atoms with Crippen LogP contribution in [-0.2, 0) is 36.7 Å². The predicted molar refractivity (Wildman–Crippen MR) is 117 cm³/mol. The van der Waals surface area contributed by atoms with Crippen molar-refractivity contribution in [3.05, 3.63) is 94.1 Å². The monoisotopic (exact) mass is 441 g/mol. The Morgan fingerprint density at radius 3 is 2.25 bits per heavy atom. The first-order chi connectivity index (χ1) is 15.1. The van der Waals surface area contributed by atoms with Gasteiger partial charge in [0.25, 0.3) is 0 Å². The number of halogens is 3. The summed E-state index contributed by atoms with van der Waals surface area (Å²) in [6.45, 7) is 4.20. The van der Waals surface area contributed by atoms with Crippen LogP contribution in [0.3, 0.4) is 0 Å². The van der Waals surface area contributed by atoms with Crippen molar-refractivity contribution < 1.29 is 18.0 Å². The number of alkyl halides is 3. The number of nitrogens with zero attached hydrogens (tertiary/aromatic N) is 2. The molecule has 7 heteroatoms. The lowest BCUT2D eigenvalue weighted by Gasteiger charge is -2.14. The fraction of sp³-hybridized carbons (Fsp3) is 0.320. The van der Waals surface area contributed by atoms with Gasteiger partial charge in [0.1, 0.15) is 5.82 Å². The van der Waals surface area contributed by atoms with Crippen LogP contribution in [0.2, 0.25) is 0 Å². The summed E-state index contributed by atoms with van der Waals surface area (Å²) in [5.41, 5.74) is 8.04. The molecule has 0 unspecified atom stereocenters. The fourth-order valence-electron chi connectivity index (χ4n) is 3.59. The Bertz CT molecular complexity index is 1080. The summed E-state index contributed by atoms with van der Waals surface area (Å²) in [6.07, 6.45) is -2.89. The second-order valence-electron chi connectivity index (χ2n) is 8.13. The minimum Gasteiger partial charge on any atom is -0.369 e. The zero-order valence-electron chi connectivity index (χ0n) is 18.1. The maximum absolute atomic E-state index is 13.6. The molecule has 1 aromatic heterocycles. The van der Waals surface area contributed by atoms with E-state index in [1.807, 2.05) is 24.3 Å². The van der Waals surface area contributed by atoms with Crippen LogP contribution >= 0.6 is 0 Å². The number of amides is 1. The number of nitrogens with two attached hydrogens (primary N) is 1. The first-order valence-electron chi connectivity index (χ1n) is 10.5. The summed E-state index contributed by atoms with van der Waals surface area (Å²) in [5, 5.41) is 0. The summed E-state index contributed by atoms with van der Waals surface area (Å²) >= 11 is 0. The molecule has 2 aromatic carbocycles. The van der Waals surface area contributed by atoms with Gasteiger partial charge in [0.15, 0.2) is 0 Å². The SMILES string of the molecule is CC(C)c1ccc(Cc2ncc(C(F)(F)F)c(CCc3ccccc3CC(N)=O)n2)cc1. The van der Waals surface area contributed by atoms with Crippen molar-refractivity contribution in [1.29, 1.82) is 0 Å². The van der Waals surface area contributed by atoms with Gasteiger partial charge < -0.3 is 5.73 Å². The molecule has 1 heterocycles. The van der Waals surface area contributed by atoms with Crippen LogP contribution in [0.1, 0.15) is 59.1 Å². The third kappa shape index (κ3) is 6.15. The van der Waals surface area contributed by atoms with Gasteiger partial charge in [0.05, 0.1) is 17.7 Å². The van der Waals surface area contributed by atoms with Gasteiger partial charge in [-0.25, -0.2) is 9.97 Å². The third-order valence-electron chi connectivity index (χ3n) is 5.35. The fourth-order valence-corrected chi connectivity index (χ4v) is 3.59. The van der Waals surface area contributed by atoms with E-state index in [1.165, 1.54) is 5.56 Å². The van der Waals surface area contributed by atoms with Gasteiger partial charge >= 0.3 is 6.18 Å². The molecular formula is C25H26F3N3O. The van der Waals surface area contributed by atoms with E-state index in [0.29, 0.717) is 30.1 Å². The molecule has 1 amide bonds. The Labute approximate surface area is 185 Å². The molecule has 4 nitrogen and oxygen atoms in total. The van der Waals surface area contributed by atoms with E-state index < -0.39 is 17.6 Å². The van der Waals surface area contributed by atoms with E-state index in [9.17, 15) is 18.0 Å². The van der Waals surface area contributed by atoms with Gasteiger partial charge in [-0.2, -0.15) is 13.2 Å². The summed E-state index contributed by atoms with van der Waals surface area (Å²) in [7, 11) is 0. The average molecular weight is 441 g/mol. The molecule has 0 aliphatic carbocycles. The minimum atomic E-state index is -4.54. The van der Waals surface area contributed by atoms with Gasteiger partial charge in [0, 0.05) is 12.6 Å². The summed E-state index contributed by atoms with van der Waals surface area (Å²) < 4.78 is 40.7. The topological polar surface area (TPSA) is 68.9 Å². The smallest absolute Gasteiger partial charge is 0.369 e. The van der Waals surface area contributed by atoms with Gasteiger partial charge in [-0.3, -0.25) is 4.79 Å².